The molecule has 2 rings (SSSR count). The molecule has 5 nitrogen and oxygen atoms in total. The molecule has 0 bridgehead atoms. The topological polar surface area (TPSA) is 86.2 Å². The van der Waals surface area contributed by atoms with Gasteiger partial charge in [-0.15, -0.1) is 0 Å². The molecule has 0 amide bonds. The molecule has 24 heavy (non-hydrogen) atoms. The summed E-state index contributed by atoms with van der Waals surface area (Å²) in [7, 11) is 1.63. The molecule has 0 radical (unpaired) electrons. The van der Waals surface area contributed by atoms with E-state index in [0.717, 1.165) is 17.7 Å². The van der Waals surface area contributed by atoms with Gasteiger partial charge >= 0.3 is 0 Å². The van der Waals surface area contributed by atoms with Crippen molar-refractivity contribution in [3.05, 3.63) is 65.7 Å². The first-order chi connectivity index (χ1) is 11.6. The number of hydrogen-bond donors (Lipinski definition) is 3. The van der Waals surface area contributed by atoms with Crippen molar-refractivity contribution in [2.75, 3.05) is 13.7 Å². The summed E-state index contributed by atoms with van der Waals surface area (Å²) < 4.78 is 5.16. The van der Waals surface area contributed by atoms with Crippen molar-refractivity contribution >= 4 is 11.7 Å². The summed E-state index contributed by atoms with van der Waals surface area (Å²) in [6.45, 7) is 0.581. The van der Waals surface area contributed by atoms with Gasteiger partial charge in [0.2, 0.25) is 0 Å². The maximum Gasteiger partial charge on any atom is 0.118 e. The van der Waals surface area contributed by atoms with Gasteiger partial charge in [-0.2, -0.15) is 0 Å². The maximum atomic E-state index is 8.36. The van der Waals surface area contributed by atoms with Crippen molar-refractivity contribution in [2.24, 2.45) is 5.73 Å². The number of amidine groups is 2. The zero-order valence-electron chi connectivity index (χ0n) is 14.0. The lowest BCUT2D eigenvalue weighted by molar-refractivity contribution is 0.414. The van der Waals surface area contributed by atoms with E-state index in [4.69, 9.17) is 21.3 Å². The highest BCUT2D eigenvalue weighted by Crippen LogP contribution is 2.14. The number of ether oxygens (including phenoxy) is 1. The predicted molar refractivity (Wildman–Crippen MR) is 97.8 cm³/mol. The van der Waals surface area contributed by atoms with Gasteiger partial charge in [-0.3, -0.25) is 10.8 Å². The molecule has 0 saturated carbocycles. The summed E-state index contributed by atoms with van der Waals surface area (Å²) in [5.74, 6) is 1.45. The van der Waals surface area contributed by atoms with Crippen LogP contribution in [0.3, 0.4) is 0 Å². The van der Waals surface area contributed by atoms with Gasteiger partial charge in [0.15, 0.2) is 0 Å². The minimum absolute atomic E-state index is 0.115. The third-order valence-corrected chi connectivity index (χ3v) is 3.84. The van der Waals surface area contributed by atoms with E-state index in [1.165, 1.54) is 5.56 Å². The van der Waals surface area contributed by atoms with E-state index in [0.29, 0.717) is 18.8 Å². The fourth-order valence-electron chi connectivity index (χ4n) is 2.42. The standard InChI is InChI=1S/C19H24N4O/c1-24-17-10-7-16(8-11-17)14-23(19(22)13-20)18(21)12-9-15-5-3-2-4-6-15/h2-8,10-11,21-22H,9,12-14,20H2,1H3. The number of nitrogens with one attached hydrogen (secondary N) is 2. The van der Waals surface area contributed by atoms with Crippen LogP contribution >= 0.6 is 0 Å². The first-order valence-corrected chi connectivity index (χ1v) is 7.93. The molecule has 0 aliphatic rings. The fourth-order valence-corrected chi connectivity index (χ4v) is 2.42. The SMILES string of the molecule is COc1ccc(CN(C(=N)CN)C(=N)CCc2ccccc2)cc1. The average molecular weight is 324 g/mol. The van der Waals surface area contributed by atoms with E-state index in [9.17, 15) is 0 Å². The maximum absolute atomic E-state index is 8.36. The molecule has 126 valence electrons. The Kier molecular flexibility index (Phi) is 6.51. The Labute approximate surface area is 143 Å². The Morgan fingerprint density at radius 3 is 2.21 bits per heavy atom. The highest BCUT2D eigenvalue weighted by molar-refractivity contribution is 5.98. The molecule has 5 heteroatoms. The van der Waals surface area contributed by atoms with Crippen molar-refractivity contribution in [3.8, 4) is 5.75 Å². The molecular formula is C19H24N4O. The van der Waals surface area contributed by atoms with Crippen LogP contribution in [0.1, 0.15) is 17.5 Å². The zero-order valence-corrected chi connectivity index (χ0v) is 14.0. The minimum Gasteiger partial charge on any atom is -0.497 e. The summed E-state index contributed by atoms with van der Waals surface area (Å²) in [4.78, 5) is 1.67. The van der Waals surface area contributed by atoms with Gasteiger partial charge in [-0.1, -0.05) is 42.5 Å². The molecule has 0 atom stereocenters. The molecular weight excluding hydrogens is 300 g/mol. The molecule has 0 fully saturated rings. The normalized spacial score (nSPS) is 10.2. The summed E-state index contributed by atoms with van der Waals surface area (Å²) in [5.41, 5.74) is 7.83. The summed E-state index contributed by atoms with van der Waals surface area (Å²) in [6.07, 6.45) is 1.35. The van der Waals surface area contributed by atoms with E-state index < -0.39 is 0 Å². The van der Waals surface area contributed by atoms with Crippen LogP contribution in [-0.2, 0) is 13.0 Å². The van der Waals surface area contributed by atoms with Crippen molar-refractivity contribution < 1.29 is 4.74 Å². The molecule has 0 spiro atoms. The van der Waals surface area contributed by atoms with Crippen LogP contribution in [-0.4, -0.2) is 30.2 Å². The van der Waals surface area contributed by atoms with Gasteiger partial charge in [0.05, 0.1) is 20.2 Å². The van der Waals surface area contributed by atoms with E-state index in [2.05, 4.69) is 12.1 Å². The van der Waals surface area contributed by atoms with Gasteiger partial charge in [-0.05, 0) is 29.7 Å². The second-order valence-electron chi connectivity index (χ2n) is 5.52. The van der Waals surface area contributed by atoms with Gasteiger partial charge in [0.1, 0.15) is 17.4 Å². The Balaban J connectivity index is 2.03. The first-order valence-electron chi connectivity index (χ1n) is 7.93. The summed E-state index contributed by atoms with van der Waals surface area (Å²) in [6, 6.07) is 17.7. The molecule has 2 aromatic carbocycles. The molecule has 4 N–H and O–H groups in total. The highest BCUT2D eigenvalue weighted by atomic mass is 16.5. The highest BCUT2D eigenvalue weighted by Gasteiger charge is 2.15. The molecule has 0 aliphatic heterocycles. The second kappa shape index (κ2) is 8.84. The molecule has 0 heterocycles. The van der Waals surface area contributed by atoms with Crippen LogP contribution in [0, 0.1) is 10.8 Å². The Morgan fingerprint density at radius 2 is 1.62 bits per heavy atom. The number of rotatable bonds is 7. The summed E-state index contributed by atoms with van der Waals surface area (Å²) in [5, 5.41) is 16.4. The summed E-state index contributed by atoms with van der Waals surface area (Å²) >= 11 is 0. The van der Waals surface area contributed by atoms with E-state index >= 15 is 0 Å². The quantitative estimate of drug-likeness (QED) is 0.540. The lowest BCUT2D eigenvalue weighted by atomic mass is 10.1. The van der Waals surface area contributed by atoms with Crippen molar-refractivity contribution in [3.63, 3.8) is 0 Å². The zero-order chi connectivity index (χ0) is 17.4. The van der Waals surface area contributed by atoms with Crippen LogP contribution in [0.5, 0.6) is 5.75 Å². The third kappa shape index (κ3) is 4.93. The lowest BCUT2D eigenvalue weighted by Crippen LogP contribution is -2.39. The molecule has 0 unspecified atom stereocenters. The lowest BCUT2D eigenvalue weighted by Gasteiger charge is -2.25. The molecule has 2 aromatic rings. The van der Waals surface area contributed by atoms with Crippen molar-refractivity contribution in [1.82, 2.24) is 4.90 Å². The molecule has 0 aromatic heterocycles. The minimum atomic E-state index is 0.115. The Bertz CT molecular complexity index is 668. The average Bonchev–Trinajstić information content (AvgIpc) is 2.65. The molecule has 0 aliphatic carbocycles. The van der Waals surface area contributed by atoms with Gasteiger partial charge in [0, 0.05) is 6.42 Å². The number of nitrogens with zero attached hydrogens (tertiary/aromatic N) is 1. The van der Waals surface area contributed by atoms with Crippen LogP contribution in [0.4, 0.5) is 0 Å². The predicted octanol–water partition coefficient (Wildman–Crippen LogP) is 3.04. The van der Waals surface area contributed by atoms with Crippen molar-refractivity contribution in [2.45, 2.75) is 19.4 Å². The van der Waals surface area contributed by atoms with E-state index in [1.807, 2.05) is 42.5 Å². The van der Waals surface area contributed by atoms with Gasteiger partial charge in [0.25, 0.3) is 0 Å². The van der Waals surface area contributed by atoms with Crippen LogP contribution in [0.2, 0.25) is 0 Å². The van der Waals surface area contributed by atoms with Crippen LogP contribution in [0.15, 0.2) is 54.6 Å². The van der Waals surface area contributed by atoms with Crippen molar-refractivity contribution in [1.29, 1.82) is 10.8 Å². The molecule has 0 saturated heterocycles. The largest absolute Gasteiger partial charge is 0.497 e. The first kappa shape index (κ1) is 17.7. The number of benzene rings is 2. The Morgan fingerprint density at radius 1 is 0.958 bits per heavy atom. The van der Waals surface area contributed by atoms with E-state index in [-0.39, 0.29) is 12.4 Å². The van der Waals surface area contributed by atoms with Gasteiger partial charge < -0.3 is 15.4 Å². The van der Waals surface area contributed by atoms with Crippen LogP contribution in [0.25, 0.3) is 0 Å². The fraction of sp³-hybridized carbons (Fsp3) is 0.263. The smallest absolute Gasteiger partial charge is 0.118 e. The number of methoxy groups -OCH3 is 1. The van der Waals surface area contributed by atoms with Gasteiger partial charge in [-0.25, -0.2) is 0 Å². The third-order valence-electron chi connectivity index (χ3n) is 3.84. The number of nitrogens with two attached hydrogens (primary N) is 1. The monoisotopic (exact) mass is 324 g/mol. The van der Waals surface area contributed by atoms with Crippen LogP contribution < -0.4 is 10.5 Å². The number of aryl methyl sites for hydroxylation is 1. The van der Waals surface area contributed by atoms with E-state index in [1.54, 1.807) is 12.0 Å². The second-order valence-corrected chi connectivity index (χ2v) is 5.52. The number of hydrogen-bond acceptors (Lipinski definition) is 4. The Hall–Kier alpha value is -2.66.